The van der Waals surface area contributed by atoms with Gasteiger partial charge in [0.2, 0.25) is 5.91 Å². The van der Waals surface area contributed by atoms with Crippen LogP contribution >= 0.6 is 0 Å². The van der Waals surface area contributed by atoms with Gasteiger partial charge in [0.05, 0.1) is 6.04 Å². The first-order valence-corrected chi connectivity index (χ1v) is 6.59. The Kier molecular flexibility index (Phi) is 6.66. The van der Waals surface area contributed by atoms with Crippen LogP contribution in [0, 0.1) is 5.82 Å². The second kappa shape index (κ2) is 8.27. The average molecular weight is 281 g/mol. The van der Waals surface area contributed by atoms with Crippen molar-refractivity contribution in [1.82, 2.24) is 16.0 Å². The SMILES string of the molecule is CCNC(=O)NC(=O)C(C)NCCc1cccc(F)c1. The first kappa shape index (κ1) is 16.1. The van der Waals surface area contributed by atoms with Gasteiger partial charge in [-0.3, -0.25) is 10.1 Å². The molecule has 0 fully saturated rings. The molecule has 0 bridgehead atoms. The van der Waals surface area contributed by atoms with Crippen LogP contribution in [0.5, 0.6) is 0 Å². The minimum Gasteiger partial charge on any atom is -0.338 e. The zero-order valence-corrected chi connectivity index (χ0v) is 11.7. The maximum atomic E-state index is 13.0. The number of halogens is 1. The summed E-state index contributed by atoms with van der Waals surface area (Å²) in [6, 6.07) is 5.32. The van der Waals surface area contributed by atoms with E-state index in [1.807, 2.05) is 6.07 Å². The molecule has 0 aromatic heterocycles. The quantitative estimate of drug-likeness (QED) is 0.733. The Hall–Kier alpha value is -1.95. The van der Waals surface area contributed by atoms with Gasteiger partial charge in [-0.05, 0) is 44.5 Å². The van der Waals surface area contributed by atoms with Crippen molar-refractivity contribution >= 4 is 11.9 Å². The molecule has 0 spiro atoms. The maximum Gasteiger partial charge on any atom is 0.321 e. The molecule has 0 heterocycles. The Morgan fingerprint density at radius 1 is 1.35 bits per heavy atom. The fourth-order valence-electron chi connectivity index (χ4n) is 1.64. The Bertz CT molecular complexity index is 465. The van der Waals surface area contributed by atoms with Crippen molar-refractivity contribution in [3.63, 3.8) is 0 Å². The standard InChI is InChI=1S/C14H20FN3O2/c1-3-16-14(20)18-13(19)10(2)17-8-7-11-5-4-6-12(15)9-11/h4-6,9-10,17H,3,7-8H2,1-2H3,(H2,16,18,19,20). The van der Waals surface area contributed by atoms with Crippen molar-refractivity contribution in [3.8, 4) is 0 Å². The summed E-state index contributed by atoms with van der Waals surface area (Å²) in [4.78, 5) is 22.8. The molecule has 20 heavy (non-hydrogen) atoms. The van der Waals surface area contributed by atoms with Crippen LogP contribution in [0.2, 0.25) is 0 Å². The predicted molar refractivity (Wildman–Crippen MR) is 74.8 cm³/mol. The number of urea groups is 1. The van der Waals surface area contributed by atoms with Crippen molar-refractivity contribution in [2.45, 2.75) is 26.3 Å². The molecule has 1 unspecified atom stereocenters. The molecule has 0 saturated carbocycles. The van der Waals surface area contributed by atoms with Gasteiger partial charge in [0, 0.05) is 6.54 Å². The lowest BCUT2D eigenvalue weighted by molar-refractivity contribution is -0.121. The van der Waals surface area contributed by atoms with Crippen LogP contribution in [0.15, 0.2) is 24.3 Å². The van der Waals surface area contributed by atoms with Gasteiger partial charge < -0.3 is 10.6 Å². The Morgan fingerprint density at radius 2 is 2.10 bits per heavy atom. The third kappa shape index (κ3) is 5.79. The largest absolute Gasteiger partial charge is 0.338 e. The summed E-state index contributed by atoms with van der Waals surface area (Å²) in [6.45, 7) is 4.42. The number of hydrogen-bond donors (Lipinski definition) is 3. The fraction of sp³-hybridized carbons (Fsp3) is 0.429. The molecule has 1 aromatic rings. The third-order valence-corrected chi connectivity index (χ3v) is 2.72. The lowest BCUT2D eigenvalue weighted by atomic mass is 10.1. The minimum absolute atomic E-state index is 0.274. The van der Waals surface area contributed by atoms with Crippen molar-refractivity contribution in [1.29, 1.82) is 0 Å². The summed E-state index contributed by atoms with van der Waals surface area (Å²) in [6.07, 6.45) is 0.608. The molecule has 1 rings (SSSR count). The zero-order chi connectivity index (χ0) is 15.0. The molecular weight excluding hydrogens is 261 g/mol. The molecule has 0 saturated heterocycles. The van der Waals surface area contributed by atoms with Gasteiger partial charge in [-0.1, -0.05) is 12.1 Å². The average Bonchev–Trinajstić information content (AvgIpc) is 2.38. The zero-order valence-electron chi connectivity index (χ0n) is 11.7. The Labute approximate surface area is 117 Å². The van der Waals surface area contributed by atoms with Gasteiger partial charge >= 0.3 is 6.03 Å². The van der Waals surface area contributed by atoms with E-state index in [0.717, 1.165) is 5.56 Å². The van der Waals surface area contributed by atoms with Gasteiger partial charge in [0.1, 0.15) is 5.82 Å². The van der Waals surface area contributed by atoms with Crippen LogP contribution in [-0.2, 0) is 11.2 Å². The van der Waals surface area contributed by atoms with E-state index in [2.05, 4.69) is 16.0 Å². The molecular formula is C14H20FN3O2. The number of carbonyl (C=O) groups excluding carboxylic acids is 2. The summed E-state index contributed by atoms with van der Waals surface area (Å²) < 4.78 is 13.0. The molecule has 0 aliphatic rings. The summed E-state index contributed by atoms with van der Waals surface area (Å²) in [5, 5.41) is 7.69. The molecule has 0 radical (unpaired) electrons. The number of rotatable bonds is 6. The van der Waals surface area contributed by atoms with Crippen molar-refractivity contribution in [2.75, 3.05) is 13.1 Å². The Morgan fingerprint density at radius 3 is 2.75 bits per heavy atom. The first-order chi connectivity index (χ1) is 9.52. The molecule has 5 nitrogen and oxygen atoms in total. The number of benzene rings is 1. The number of hydrogen-bond acceptors (Lipinski definition) is 3. The van der Waals surface area contributed by atoms with E-state index < -0.39 is 18.0 Å². The molecule has 110 valence electrons. The van der Waals surface area contributed by atoms with E-state index in [9.17, 15) is 14.0 Å². The lowest BCUT2D eigenvalue weighted by Gasteiger charge is -2.13. The maximum absolute atomic E-state index is 13.0. The highest BCUT2D eigenvalue weighted by Gasteiger charge is 2.14. The van der Waals surface area contributed by atoms with Crippen LogP contribution in [0.4, 0.5) is 9.18 Å². The smallest absolute Gasteiger partial charge is 0.321 e. The summed E-state index contributed by atoms with van der Waals surface area (Å²) >= 11 is 0. The highest BCUT2D eigenvalue weighted by molar-refractivity contribution is 5.96. The highest BCUT2D eigenvalue weighted by Crippen LogP contribution is 2.03. The fourth-order valence-corrected chi connectivity index (χ4v) is 1.64. The second-order valence-electron chi connectivity index (χ2n) is 4.40. The minimum atomic E-state index is -0.503. The predicted octanol–water partition coefficient (Wildman–Crippen LogP) is 1.19. The molecule has 1 atom stereocenters. The normalized spacial score (nSPS) is 11.8. The summed E-state index contributed by atoms with van der Waals surface area (Å²) in [7, 11) is 0. The van der Waals surface area contributed by atoms with Gasteiger partial charge in [-0.15, -0.1) is 0 Å². The van der Waals surface area contributed by atoms with Crippen LogP contribution < -0.4 is 16.0 Å². The van der Waals surface area contributed by atoms with E-state index in [4.69, 9.17) is 0 Å². The van der Waals surface area contributed by atoms with E-state index >= 15 is 0 Å². The number of carbonyl (C=O) groups is 2. The third-order valence-electron chi connectivity index (χ3n) is 2.72. The number of imide groups is 1. The van der Waals surface area contributed by atoms with Gasteiger partial charge in [0.25, 0.3) is 0 Å². The van der Waals surface area contributed by atoms with Crippen molar-refractivity contribution in [3.05, 3.63) is 35.6 Å². The second-order valence-corrected chi connectivity index (χ2v) is 4.40. The molecule has 6 heteroatoms. The van der Waals surface area contributed by atoms with E-state index in [1.165, 1.54) is 12.1 Å². The van der Waals surface area contributed by atoms with Crippen molar-refractivity contribution in [2.24, 2.45) is 0 Å². The molecule has 0 aliphatic carbocycles. The van der Waals surface area contributed by atoms with E-state index in [1.54, 1.807) is 19.9 Å². The van der Waals surface area contributed by atoms with Crippen molar-refractivity contribution < 1.29 is 14.0 Å². The number of amides is 3. The van der Waals surface area contributed by atoms with Gasteiger partial charge in [-0.25, -0.2) is 9.18 Å². The Balaban J connectivity index is 2.30. The van der Waals surface area contributed by atoms with Crippen LogP contribution in [0.3, 0.4) is 0 Å². The molecule has 3 N–H and O–H groups in total. The van der Waals surface area contributed by atoms with Crippen LogP contribution in [0.25, 0.3) is 0 Å². The van der Waals surface area contributed by atoms with E-state index in [-0.39, 0.29) is 5.82 Å². The monoisotopic (exact) mass is 281 g/mol. The summed E-state index contributed by atoms with van der Waals surface area (Å²) in [5.74, 6) is -0.667. The van der Waals surface area contributed by atoms with Crippen LogP contribution in [0.1, 0.15) is 19.4 Å². The topological polar surface area (TPSA) is 70.2 Å². The van der Waals surface area contributed by atoms with Crippen LogP contribution in [-0.4, -0.2) is 31.1 Å². The van der Waals surface area contributed by atoms with Gasteiger partial charge in [0.15, 0.2) is 0 Å². The first-order valence-electron chi connectivity index (χ1n) is 6.59. The number of nitrogens with one attached hydrogen (secondary N) is 3. The lowest BCUT2D eigenvalue weighted by Crippen LogP contribution is -2.48. The molecule has 0 aliphatic heterocycles. The summed E-state index contributed by atoms with van der Waals surface area (Å²) in [5.41, 5.74) is 0.855. The van der Waals surface area contributed by atoms with E-state index in [0.29, 0.717) is 19.5 Å². The molecule has 3 amide bonds. The molecule has 1 aromatic carbocycles. The van der Waals surface area contributed by atoms with Gasteiger partial charge in [-0.2, -0.15) is 0 Å². The highest BCUT2D eigenvalue weighted by atomic mass is 19.1.